The molecule has 4 nitrogen and oxygen atoms in total. The number of hydrogen-bond donors (Lipinski definition) is 0. The average Bonchev–Trinajstić information content (AvgIpc) is 1.25. The van der Waals surface area contributed by atoms with Gasteiger partial charge >= 0.3 is 0 Å². The maximum absolute atomic E-state index is 7.96. The monoisotopic (exact) mass is 1110 g/mol. The third-order valence-electron chi connectivity index (χ3n) is 23.7. The van der Waals surface area contributed by atoms with E-state index in [1.54, 1.807) is 0 Å². The molecule has 5 heteroatoms. The molecule has 0 saturated heterocycles. The zero-order chi connectivity index (χ0) is 59.2. The van der Waals surface area contributed by atoms with Crippen molar-refractivity contribution >= 4 is 85.5 Å². The van der Waals surface area contributed by atoms with Crippen LogP contribution in [0.2, 0.25) is 0 Å². The van der Waals surface area contributed by atoms with E-state index in [1.807, 2.05) is 0 Å². The molecule has 15 rings (SSSR count). The van der Waals surface area contributed by atoms with Crippen molar-refractivity contribution < 1.29 is 4.42 Å². The Bertz CT molecular complexity index is 4120. The van der Waals surface area contributed by atoms with Crippen LogP contribution in [0.25, 0.3) is 11.0 Å². The molecule has 0 bridgehead atoms. The summed E-state index contributed by atoms with van der Waals surface area (Å²) in [6.07, 6.45) is 9.20. The van der Waals surface area contributed by atoms with E-state index in [2.05, 4.69) is 261 Å². The lowest BCUT2D eigenvalue weighted by molar-refractivity contribution is 0.332. The predicted molar refractivity (Wildman–Crippen MR) is 358 cm³/mol. The second-order valence-electron chi connectivity index (χ2n) is 33.2. The highest BCUT2D eigenvalue weighted by Crippen LogP contribution is 2.59. The van der Waals surface area contributed by atoms with Gasteiger partial charge in [0.25, 0.3) is 6.71 Å². The molecule has 430 valence electrons. The Morgan fingerprint density at radius 3 is 1.19 bits per heavy atom. The molecule has 0 saturated carbocycles. The second-order valence-corrected chi connectivity index (χ2v) is 33.2. The fourth-order valence-electron chi connectivity index (χ4n) is 17.6. The molecule has 1 aromatic heterocycles. The van der Waals surface area contributed by atoms with Crippen molar-refractivity contribution in [3.05, 3.63) is 177 Å². The quantitative estimate of drug-likeness (QED) is 0.165. The minimum Gasteiger partial charge on any atom is -0.468 e. The minimum atomic E-state index is -0.215. The minimum absolute atomic E-state index is 0.000762. The highest BCUT2D eigenvalue weighted by Gasteiger charge is 2.52. The first-order chi connectivity index (χ1) is 39.3. The lowest BCUT2D eigenvalue weighted by atomic mass is 9.35. The van der Waals surface area contributed by atoms with Crippen LogP contribution in [0.3, 0.4) is 0 Å². The van der Waals surface area contributed by atoms with E-state index >= 15 is 0 Å². The SMILES string of the molecule is CC1(C)CCC(C)(C)c2cc(N3c4cc5c(cc4B4c6oc7cc8c(cc7c6N(c6ccc7c(c6)C(C)(C)CCC7(C)C)c6cc(N7c9ccccc9C(C)(C)c9ccccc97)cc3c64)C(C)(C)CCC8(C)C)C(C)(C)CCC5(C)C)ccc21. The maximum Gasteiger partial charge on any atom is 0.297 e. The molecule has 7 aromatic carbocycles. The summed E-state index contributed by atoms with van der Waals surface area (Å²) in [6.45, 7) is 44.3. The van der Waals surface area contributed by atoms with E-state index in [0.29, 0.717) is 0 Å². The molecule has 7 aliphatic rings. The molecule has 3 aliphatic heterocycles. The molecular weight excluding hydrogens is 1020 g/mol. The van der Waals surface area contributed by atoms with Crippen LogP contribution in [0, 0.1) is 0 Å². The molecule has 0 radical (unpaired) electrons. The summed E-state index contributed by atoms with van der Waals surface area (Å²) in [5.74, 6) is 0. The fourth-order valence-corrected chi connectivity index (χ4v) is 17.6. The van der Waals surface area contributed by atoms with Crippen LogP contribution < -0.4 is 31.3 Å². The van der Waals surface area contributed by atoms with Gasteiger partial charge in [0.05, 0.1) is 28.4 Å². The fraction of sp³-hybridized carbons (Fsp3) is 0.443. The number of para-hydroxylation sites is 2. The molecule has 0 N–H and O–H groups in total. The lowest BCUT2D eigenvalue weighted by Crippen LogP contribution is -2.61. The van der Waals surface area contributed by atoms with Crippen molar-refractivity contribution in [1.82, 2.24) is 0 Å². The number of anilines is 9. The van der Waals surface area contributed by atoms with Crippen LogP contribution in [-0.4, -0.2) is 6.71 Å². The van der Waals surface area contributed by atoms with Crippen molar-refractivity contribution in [2.45, 2.75) is 225 Å². The van der Waals surface area contributed by atoms with Crippen molar-refractivity contribution in [1.29, 1.82) is 0 Å². The van der Waals surface area contributed by atoms with Gasteiger partial charge in [0.1, 0.15) is 5.58 Å². The van der Waals surface area contributed by atoms with Crippen LogP contribution in [-0.2, 0) is 48.7 Å². The van der Waals surface area contributed by atoms with Gasteiger partial charge in [-0.25, -0.2) is 0 Å². The smallest absolute Gasteiger partial charge is 0.297 e. The van der Waals surface area contributed by atoms with Crippen LogP contribution >= 0.6 is 0 Å². The van der Waals surface area contributed by atoms with Gasteiger partial charge in [-0.1, -0.05) is 179 Å². The van der Waals surface area contributed by atoms with Crippen molar-refractivity contribution in [3.63, 3.8) is 0 Å². The molecule has 84 heavy (non-hydrogen) atoms. The molecule has 0 fully saturated rings. The number of benzene rings is 7. The van der Waals surface area contributed by atoms with Gasteiger partial charge in [0.2, 0.25) is 0 Å². The first-order valence-electron chi connectivity index (χ1n) is 32.2. The molecule has 8 aromatic rings. The van der Waals surface area contributed by atoms with E-state index in [4.69, 9.17) is 4.42 Å². The van der Waals surface area contributed by atoms with Crippen molar-refractivity contribution in [2.75, 3.05) is 14.7 Å². The molecule has 0 spiro atoms. The summed E-state index contributed by atoms with van der Waals surface area (Å²) in [7, 11) is 0. The normalized spacial score (nSPS) is 22.1. The number of nitrogens with zero attached hydrogens (tertiary/aromatic N) is 3. The number of fused-ring (bicyclic) bond motifs is 12. The predicted octanol–water partition coefficient (Wildman–Crippen LogP) is 20.0. The number of hydrogen-bond acceptors (Lipinski definition) is 4. The third-order valence-corrected chi connectivity index (χ3v) is 23.7. The second kappa shape index (κ2) is 16.9. The largest absolute Gasteiger partial charge is 0.468 e. The van der Waals surface area contributed by atoms with Gasteiger partial charge in [0.15, 0.2) is 0 Å². The highest BCUT2D eigenvalue weighted by atomic mass is 16.3. The van der Waals surface area contributed by atoms with Crippen LogP contribution in [0.4, 0.5) is 51.2 Å². The van der Waals surface area contributed by atoms with Crippen molar-refractivity contribution in [2.24, 2.45) is 0 Å². The zero-order valence-electron chi connectivity index (χ0n) is 54.0. The van der Waals surface area contributed by atoms with E-state index in [9.17, 15) is 0 Å². The van der Waals surface area contributed by atoms with E-state index < -0.39 is 0 Å². The van der Waals surface area contributed by atoms with Gasteiger partial charge in [-0.05, 0) is 228 Å². The number of rotatable bonds is 3. The summed E-state index contributed by atoms with van der Waals surface area (Å²) in [4.78, 5) is 8.07. The van der Waals surface area contributed by atoms with E-state index in [-0.39, 0.29) is 55.4 Å². The summed E-state index contributed by atoms with van der Waals surface area (Å²) < 4.78 is 7.96. The Hall–Kier alpha value is -6.46. The summed E-state index contributed by atoms with van der Waals surface area (Å²) in [5.41, 5.74) is 30.0. The maximum atomic E-state index is 7.96. The van der Waals surface area contributed by atoms with E-state index in [0.717, 1.165) is 55.5 Å². The lowest BCUT2D eigenvalue weighted by Gasteiger charge is -2.48. The highest BCUT2D eigenvalue weighted by molar-refractivity contribution is 7.00. The first-order valence-corrected chi connectivity index (χ1v) is 32.2. The molecule has 4 heterocycles. The third kappa shape index (κ3) is 7.44. The number of furan rings is 1. The van der Waals surface area contributed by atoms with Gasteiger partial charge in [-0.15, -0.1) is 0 Å². The Kier molecular flexibility index (Phi) is 10.9. The van der Waals surface area contributed by atoms with Crippen molar-refractivity contribution in [3.8, 4) is 0 Å². The van der Waals surface area contributed by atoms with Gasteiger partial charge in [0, 0.05) is 39.2 Å². The van der Waals surface area contributed by atoms with Gasteiger partial charge in [-0.2, -0.15) is 0 Å². The standard InChI is InChI=1S/C79H90BN3O/c1-71(2)31-33-73(5,6)55-39-47(27-29-51(55)71)81-64-45-59-58(76(11,12)36-37-77(59,13)14)44-61(64)80-68-65(81)41-49(82-62-25-21-19-23-53(62)79(17,18)54-24-20-22-26-63(54)82)42-66(68)83(48-28-30-52-56(40-48)74(7,8)34-32-72(52,3)4)69-50-43-57-60(46-67(50)84-70(69)80)78(15,16)38-35-75(57,9)10/h19-30,39-46H,31-38H2,1-18H3. The Balaban J connectivity index is 1.13. The summed E-state index contributed by atoms with van der Waals surface area (Å²) in [5, 5.41) is 1.21. The summed E-state index contributed by atoms with van der Waals surface area (Å²) >= 11 is 0. The topological polar surface area (TPSA) is 22.9 Å². The van der Waals surface area contributed by atoms with Crippen LogP contribution in [0.1, 0.15) is 232 Å². The molecule has 0 atom stereocenters. The molecular formula is C79H90BN3O. The van der Waals surface area contributed by atoms with Gasteiger partial charge in [-0.3, -0.25) is 0 Å². The first kappa shape index (κ1) is 54.2. The molecule has 0 amide bonds. The van der Waals surface area contributed by atoms with Crippen LogP contribution in [0.5, 0.6) is 0 Å². The summed E-state index contributed by atoms with van der Waals surface area (Å²) in [6, 6.07) is 49.4. The Morgan fingerprint density at radius 2 is 0.702 bits per heavy atom. The Labute approximate surface area is 503 Å². The Morgan fingerprint density at radius 1 is 0.321 bits per heavy atom. The van der Waals surface area contributed by atoms with E-state index in [1.165, 1.54) is 130 Å². The van der Waals surface area contributed by atoms with Gasteiger partial charge < -0.3 is 19.1 Å². The average molecular weight is 1110 g/mol. The molecule has 0 unspecified atom stereocenters. The van der Waals surface area contributed by atoms with Crippen LogP contribution in [0.15, 0.2) is 126 Å². The molecule has 4 aliphatic carbocycles. The zero-order valence-corrected chi connectivity index (χ0v) is 54.0.